The molecule has 1 aliphatic rings. The number of aldehydes is 4. The molecule has 0 aliphatic carbocycles. The first-order valence-corrected chi connectivity index (χ1v) is 12.1. The van der Waals surface area contributed by atoms with Crippen LogP contribution in [0.15, 0.2) is 48.5 Å². The first-order chi connectivity index (χ1) is 19.3. The number of fused-ring (bicyclic) bond motifs is 8. The molecule has 0 unspecified atom stereocenters. The zero-order valence-corrected chi connectivity index (χ0v) is 22.1. The Kier molecular flexibility index (Phi) is 6.74. The second kappa shape index (κ2) is 10.3. The van der Waals surface area contributed by atoms with Crippen molar-refractivity contribution in [3.63, 3.8) is 0 Å². The molecule has 5 rings (SSSR count). The fourth-order valence-corrected chi connectivity index (χ4v) is 4.42. The molecule has 0 amide bonds. The van der Waals surface area contributed by atoms with Crippen LogP contribution >= 0.6 is 0 Å². The van der Waals surface area contributed by atoms with Gasteiger partial charge in [0.1, 0.15) is 46.5 Å². The van der Waals surface area contributed by atoms with Gasteiger partial charge in [0.2, 0.25) is 0 Å². The third kappa shape index (κ3) is 4.30. The lowest BCUT2D eigenvalue weighted by Crippen LogP contribution is -2.23. The highest BCUT2D eigenvalue weighted by Crippen LogP contribution is 2.35. The third-order valence-corrected chi connectivity index (χ3v) is 6.72. The first kappa shape index (κ1) is 26.1. The third-order valence-electron chi connectivity index (χ3n) is 6.72. The highest BCUT2D eigenvalue weighted by Gasteiger charge is 2.23. The molecule has 0 spiro atoms. The quantitative estimate of drug-likeness (QED) is 0.350. The Morgan fingerprint density at radius 2 is 0.625 bits per heavy atom. The van der Waals surface area contributed by atoms with Crippen LogP contribution in [0.4, 0.5) is 46.5 Å². The van der Waals surface area contributed by atoms with Crippen molar-refractivity contribution in [2.75, 3.05) is 47.8 Å². The summed E-state index contributed by atoms with van der Waals surface area (Å²) in [6, 6.07) is 13.1. The van der Waals surface area contributed by atoms with Crippen LogP contribution in [-0.4, -0.2) is 73.3 Å². The number of anilines is 8. The van der Waals surface area contributed by atoms with Gasteiger partial charge in [-0.3, -0.25) is 19.2 Å². The predicted molar refractivity (Wildman–Crippen MR) is 151 cm³/mol. The molecule has 0 atom stereocenters. The molecular weight excluding hydrogens is 512 g/mol. The van der Waals surface area contributed by atoms with E-state index in [2.05, 4.69) is 0 Å². The molecule has 200 valence electrons. The largest absolute Gasteiger partial charge is 0.314 e. The summed E-state index contributed by atoms with van der Waals surface area (Å²) in [4.78, 5) is 73.3. The lowest BCUT2D eigenvalue weighted by molar-refractivity contribution is 0.111. The van der Waals surface area contributed by atoms with Crippen molar-refractivity contribution in [2.24, 2.45) is 0 Å². The van der Waals surface area contributed by atoms with Crippen molar-refractivity contribution in [1.29, 1.82) is 0 Å². The molecule has 0 fully saturated rings. The maximum Gasteiger partial charge on any atom is 0.153 e. The molecule has 0 saturated carbocycles. The molecule has 12 heteroatoms. The summed E-state index contributed by atoms with van der Waals surface area (Å²) in [5.41, 5.74) is 1.16. The van der Waals surface area contributed by atoms with Crippen LogP contribution in [0.25, 0.3) is 0 Å². The summed E-state index contributed by atoms with van der Waals surface area (Å²) >= 11 is 0. The minimum atomic E-state index is 0.277. The van der Waals surface area contributed by atoms with E-state index in [-0.39, 0.29) is 23.3 Å². The highest BCUT2D eigenvalue weighted by molar-refractivity contribution is 5.92. The van der Waals surface area contributed by atoms with E-state index < -0.39 is 0 Å². The van der Waals surface area contributed by atoms with E-state index in [9.17, 15) is 19.2 Å². The molecule has 4 aromatic heterocycles. The second-order valence-corrected chi connectivity index (χ2v) is 9.04. The van der Waals surface area contributed by atoms with Crippen LogP contribution in [0, 0.1) is 0 Å². The fourth-order valence-electron chi connectivity index (χ4n) is 4.42. The van der Waals surface area contributed by atoms with Crippen LogP contribution in [0.3, 0.4) is 0 Å². The molecule has 0 N–H and O–H groups in total. The average molecular weight is 537 g/mol. The summed E-state index contributed by atoms with van der Waals surface area (Å²) in [6.07, 6.45) is 2.73. The minimum Gasteiger partial charge on any atom is -0.314 e. The Morgan fingerprint density at radius 1 is 0.400 bits per heavy atom. The first-order valence-electron chi connectivity index (χ1n) is 12.1. The number of rotatable bonds is 4. The molecule has 0 aromatic carbocycles. The molecular formula is C28H24N8O4. The van der Waals surface area contributed by atoms with Gasteiger partial charge >= 0.3 is 0 Å². The number of pyridine rings is 4. The minimum absolute atomic E-state index is 0.277. The van der Waals surface area contributed by atoms with E-state index in [4.69, 9.17) is 19.9 Å². The SMILES string of the molecule is CN1c2ccc(C=O)c(n2)N(C)c2nc(ccc2C=O)N(C)c2ccc(C=O)c(n2)N(C)c2nc1ccc2C=O. The summed E-state index contributed by atoms with van der Waals surface area (Å²) in [7, 11) is 6.81. The molecule has 40 heavy (non-hydrogen) atoms. The lowest BCUT2D eigenvalue weighted by Gasteiger charge is -2.27. The predicted octanol–water partition coefficient (Wildman–Crippen LogP) is 3.90. The summed E-state index contributed by atoms with van der Waals surface area (Å²) in [5, 5.41) is 0. The Hall–Kier alpha value is -5.52. The average Bonchev–Trinajstić information content (AvgIpc) is 3.01. The monoisotopic (exact) mass is 536 g/mol. The van der Waals surface area contributed by atoms with E-state index in [1.54, 1.807) is 96.3 Å². The number of carbonyl (C=O) groups excluding carboxylic acids is 4. The van der Waals surface area contributed by atoms with Gasteiger partial charge in [0.25, 0.3) is 0 Å². The van der Waals surface area contributed by atoms with Crippen molar-refractivity contribution in [3.8, 4) is 0 Å². The molecule has 0 radical (unpaired) electrons. The Labute approximate surface area is 229 Å². The van der Waals surface area contributed by atoms with E-state index in [0.29, 0.717) is 70.7 Å². The van der Waals surface area contributed by atoms with Crippen molar-refractivity contribution in [2.45, 2.75) is 0 Å². The van der Waals surface area contributed by atoms with Gasteiger partial charge in [-0.1, -0.05) is 0 Å². The Morgan fingerprint density at radius 3 is 0.825 bits per heavy atom. The van der Waals surface area contributed by atoms with Crippen LogP contribution in [0.5, 0.6) is 0 Å². The zero-order chi connectivity index (χ0) is 28.6. The maximum atomic E-state index is 12.0. The van der Waals surface area contributed by atoms with Gasteiger partial charge < -0.3 is 19.6 Å². The van der Waals surface area contributed by atoms with E-state index in [1.165, 1.54) is 0 Å². The molecule has 5 heterocycles. The van der Waals surface area contributed by atoms with Crippen LogP contribution < -0.4 is 19.6 Å². The maximum absolute atomic E-state index is 12.0. The van der Waals surface area contributed by atoms with E-state index in [0.717, 1.165) is 0 Å². The second-order valence-electron chi connectivity index (χ2n) is 9.04. The van der Waals surface area contributed by atoms with Gasteiger partial charge in [-0.2, -0.15) is 0 Å². The smallest absolute Gasteiger partial charge is 0.153 e. The normalized spacial score (nSPS) is 12.7. The lowest BCUT2D eigenvalue weighted by atomic mass is 10.2. The number of carbonyl (C=O) groups is 4. The Balaban J connectivity index is 1.84. The molecule has 0 saturated heterocycles. The fraction of sp³-hybridized carbons (Fsp3) is 0.143. The van der Waals surface area contributed by atoms with Crippen LogP contribution in [0.1, 0.15) is 41.4 Å². The van der Waals surface area contributed by atoms with Gasteiger partial charge in [0.05, 0.1) is 22.3 Å². The van der Waals surface area contributed by atoms with Gasteiger partial charge in [-0.25, -0.2) is 19.9 Å². The van der Waals surface area contributed by atoms with Crippen LogP contribution in [0.2, 0.25) is 0 Å². The van der Waals surface area contributed by atoms with Gasteiger partial charge in [0.15, 0.2) is 25.1 Å². The van der Waals surface area contributed by atoms with Crippen molar-refractivity contribution in [3.05, 3.63) is 70.8 Å². The summed E-state index contributed by atoms with van der Waals surface area (Å²) < 4.78 is 0. The topological polar surface area (TPSA) is 133 Å². The van der Waals surface area contributed by atoms with Crippen molar-refractivity contribution >= 4 is 71.7 Å². The van der Waals surface area contributed by atoms with Crippen molar-refractivity contribution < 1.29 is 19.2 Å². The van der Waals surface area contributed by atoms with Gasteiger partial charge in [0, 0.05) is 28.2 Å². The molecule has 8 bridgehead atoms. The number of hydrogen-bond acceptors (Lipinski definition) is 12. The molecule has 4 aromatic rings. The van der Waals surface area contributed by atoms with Gasteiger partial charge in [-0.15, -0.1) is 0 Å². The highest BCUT2D eigenvalue weighted by atomic mass is 16.1. The zero-order valence-electron chi connectivity index (χ0n) is 22.1. The van der Waals surface area contributed by atoms with E-state index >= 15 is 0 Å². The summed E-state index contributed by atoms with van der Waals surface area (Å²) in [5.74, 6) is 2.87. The summed E-state index contributed by atoms with van der Waals surface area (Å²) in [6.45, 7) is 0. The Bertz CT molecular complexity index is 1430. The van der Waals surface area contributed by atoms with Gasteiger partial charge in [-0.05, 0) is 48.5 Å². The van der Waals surface area contributed by atoms with Crippen molar-refractivity contribution in [1.82, 2.24) is 19.9 Å². The number of hydrogen-bond donors (Lipinski definition) is 0. The molecule has 12 nitrogen and oxygen atoms in total. The molecule has 1 aliphatic heterocycles. The number of aromatic nitrogens is 4. The van der Waals surface area contributed by atoms with E-state index in [1.807, 2.05) is 0 Å². The van der Waals surface area contributed by atoms with Crippen LogP contribution in [-0.2, 0) is 0 Å². The standard InChI is InChI=1S/C28H24N8O4/c1-33-21-9-5-17(13-37)25(29-21)35(3)27-19(15-39)7-11-23(31-27)34(2)24-12-8-20(16-40)28(32-24)36(4)26-18(14-38)6-10-22(33)30-26/h5-16H,1-4H3. The number of nitrogens with zero attached hydrogens (tertiary/aromatic N) is 8.